The van der Waals surface area contributed by atoms with Gasteiger partial charge in [-0.25, -0.2) is 4.68 Å². The second kappa shape index (κ2) is 6.48. The highest BCUT2D eigenvalue weighted by Crippen LogP contribution is 2.21. The number of hydrogen-bond acceptors (Lipinski definition) is 3. The van der Waals surface area contributed by atoms with E-state index < -0.39 is 0 Å². The lowest BCUT2D eigenvalue weighted by atomic mass is 10.0. The van der Waals surface area contributed by atoms with Crippen LogP contribution in [0.2, 0.25) is 0 Å². The number of aromatic nitrogens is 3. The molecule has 0 radical (unpaired) electrons. The average Bonchev–Trinajstić information content (AvgIpc) is 2.89. The topological polar surface area (TPSA) is 42.7 Å². The molecule has 4 nitrogen and oxygen atoms in total. The van der Waals surface area contributed by atoms with Crippen LogP contribution in [0.4, 0.5) is 0 Å². The molecule has 0 saturated heterocycles. The van der Waals surface area contributed by atoms with Crippen LogP contribution in [0.15, 0.2) is 30.5 Å². The van der Waals surface area contributed by atoms with Crippen LogP contribution in [0.1, 0.15) is 43.1 Å². The minimum atomic E-state index is 0.146. The number of nitrogens with zero attached hydrogens (tertiary/aromatic N) is 3. The van der Waals surface area contributed by atoms with E-state index >= 15 is 0 Å². The molecule has 0 spiro atoms. The maximum Gasteiger partial charge on any atom is 0.0801 e. The second-order valence-electron chi connectivity index (χ2n) is 4.70. The van der Waals surface area contributed by atoms with Gasteiger partial charge in [-0.15, -0.1) is 5.10 Å². The first-order chi connectivity index (χ1) is 9.30. The van der Waals surface area contributed by atoms with Crippen molar-refractivity contribution in [2.45, 2.75) is 39.3 Å². The summed E-state index contributed by atoms with van der Waals surface area (Å²) in [4.78, 5) is 0. The molecule has 2 rings (SSSR count). The summed E-state index contributed by atoms with van der Waals surface area (Å²) in [5, 5.41) is 11.6. The molecule has 1 unspecified atom stereocenters. The summed E-state index contributed by atoms with van der Waals surface area (Å²) in [6.45, 7) is 5.22. The maximum absolute atomic E-state index is 4.16. The minimum Gasteiger partial charge on any atom is -0.308 e. The second-order valence-corrected chi connectivity index (χ2v) is 4.70. The Labute approximate surface area is 114 Å². The van der Waals surface area contributed by atoms with E-state index in [-0.39, 0.29) is 6.04 Å². The first-order valence-electron chi connectivity index (χ1n) is 6.94. The van der Waals surface area contributed by atoms with Crippen LogP contribution in [0, 0.1) is 0 Å². The van der Waals surface area contributed by atoms with Crippen LogP contribution in [-0.4, -0.2) is 22.0 Å². The van der Waals surface area contributed by atoms with Gasteiger partial charge in [-0.3, -0.25) is 0 Å². The van der Waals surface area contributed by atoms with Gasteiger partial charge in [0.05, 0.1) is 17.9 Å². The fourth-order valence-electron chi connectivity index (χ4n) is 2.31. The standard InChI is InChI=1S/C15H22N4/c1-4-10-19-14(11-17-18-19)15(16-3)13-8-6-12(5-2)7-9-13/h6-9,11,15-16H,4-5,10H2,1-3H3. The van der Waals surface area contributed by atoms with Crippen molar-refractivity contribution in [1.82, 2.24) is 20.3 Å². The fourth-order valence-corrected chi connectivity index (χ4v) is 2.31. The normalized spacial score (nSPS) is 12.6. The molecule has 0 amide bonds. The lowest BCUT2D eigenvalue weighted by molar-refractivity contribution is 0.523. The van der Waals surface area contributed by atoms with Crippen molar-refractivity contribution in [2.75, 3.05) is 7.05 Å². The molecule has 1 heterocycles. The zero-order valence-electron chi connectivity index (χ0n) is 11.9. The predicted molar refractivity (Wildman–Crippen MR) is 77.0 cm³/mol. The Bertz CT molecular complexity index is 501. The lowest BCUT2D eigenvalue weighted by Crippen LogP contribution is -2.21. The maximum atomic E-state index is 4.16. The van der Waals surface area contributed by atoms with Crippen LogP contribution in [0.3, 0.4) is 0 Å². The van der Waals surface area contributed by atoms with Gasteiger partial charge < -0.3 is 5.32 Å². The molecule has 0 aliphatic rings. The quantitative estimate of drug-likeness (QED) is 0.866. The van der Waals surface area contributed by atoms with Crippen molar-refractivity contribution in [3.8, 4) is 0 Å². The van der Waals surface area contributed by atoms with E-state index in [4.69, 9.17) is 0 Å². The van der Waals surface area contributed by atoms with Crippen LogP contribution < -0.4 is 5.32 Å². The Morgan fingerprint density at radius 1 is 1.21 bits per heavy atom. The van der Waals surface area contributed by atoms with Crippen LogP contribution in [0.25, 0.3) is 0 Å². The Hall–Kier alpha value is -1.68. The van der Waals surface area contributed by atoms with Gasteiger partial charge in [0, 0.05) is 6.54 Å². The van der Waals surface area contributed by atoms with E-state index in [9.17, 15) is 0 Å². The van der Waals surface area contributed by atoms with Crippen LogP contribution in [0.5, 0.6) is 0 Å². The molecule has 0 aliphatic carbocycles. The highest BCUT2D eigenvalue weighted by Gasteiger charge is 2.16. The summed E-state index contributed by atoms with van der Waals surface area (Å²) in [6.07, 6.45) is 3.98. The molecule has 1 atom stereocenters. The molecule has 0 bridgehead atoms. The van der Waals surface area contributed by atoms with Crippen molar-refractivity contribution < 1.29 is 0 Å². The van der Waals surface area contributed by atoms with Crippen molar-refractivity contribution in [2.24, 2.45) is 0 Å². The molecule has 1 N–H and O–H groups in total. The first-order valence-corrected chi connectivity index (χ1v) is 6.94. The van der Waals surface area contributed by atoms with Gasteiger partial charge >= 0.3 is 0 Å². The summed E-state index contributed by atoms with van der Waals surface area (Å²) in [7, 11) is 1.97. The van der Waals surface area contributed by atoms with E-state index in [1.807, 2.05) is 17.9 Å². The summed E-state index contributed by atoms with van der Waals surface area (Å²) in [6, 6.07) is 8.89. The Kier molecular flexibility index (Phi) is 4.68. The smallest absolute Gasteiger partial charge is 0.0801 e. The Morgan fingerprint density at radius 2 is 1.95 bits per heavy atom. The average molecular weight is 258 g/mol. The van der Waals surface area contributed by atoms with Gasteiger partial charge in [0.25, 0.3) is 0 Å². The monoisotopic (exact) mass is 258 g/mol. The Balaban J connectivity index is 2.29. The molecule has 0 fully saturated rings. The summed E-state index contributed by atoms with van der Waals surface area (Å²) in [5.74, 6) is 0. The van der Waals surface area contributed by atoms with Gasteiger partial charge in [-0.05, 0) is 31.0 Å². The molecule has 19 heavy (non-hydrogen) atoms. The molecule has 1 aromatic heterocycles. The predicted octanol–water partition coefficient (Wildman–Crippen LogP) is 2.56. The molecule has 2 aromatic rings. The molecule has 0 aliphatic heterocycles. The highest BCUT2D eigenvalue weighted by molar-refractivity contribution is 5.29. The van der Waals surface area contributed by atoms with Crippen LogP contribution in [-0.2, 0) is 13.0 Å². The number of benzene rings is 1. The summed E-state index contributed by atoms with van der Waals surface area (Å²) < 4.78 is 1.98. The summed E-state index contributed by atoms with van der Waals surface area (Å²) in [5.41, 5.74) is 3.73. The third-order valence-electron chi connectivity index (χ3n) is 3.39. The minimum absolute atomic E-state index is 0.146. The van der Waals surface area contributed by atoms with E-state index in [1.54, 1.807) is 0 Å². The number of nitrogens with one attached hydrogen (secondary N) is 1. The molecule has 4 heteroatoms. The third kappa shape index (κ3) is 3.01. The summed E-state index contributed by atoms with van der Waals surface area (Å²) >= 11 is 0. The molecular weight excluding hydrogens is 236 g/mol. The van der Waals surface area contributed by atoms with Crippen molar-refractivity contribution in [1.29, 1.82) is 0 Å². The van der Waals surface area contributed by atoms with Gasteiger partial charge in [0.15, 0.2) is 0 Å². The number of aryl methyl sites for hydroxylation is 2. The molecule has 0 saturated carbocycles. The molecule has 1 aromatic carbocycles. The van der Waals surface area contributed by atoms with Crippen molar-refractivity contribution >= 4 is 0 Å². The number of hydrogen-bond donors (Lipinski definition) is 1. The molecular formula is C15H22N4. The zero-order chi connectivity index (χ0) is 13.7. The van der Waals surface area contributed by atoms with Gasteiger partial charge in [0.1, 0.15) is 0 Å². The third-order valence-corrected chi connectivity index (χ3v) is 3.39. The van der Waals surface area contributed by atoms with Gasteiger partial charge in [0.2, 0.25) is 0 Å². The van der Waals surface area contributed by atoms with E-state index in [1.165, 1.54) is 11.1 Å². The molecule has 102 valence electrons. The van der Waals surface area contributed by atoms with Gasteiger partial charge in [-0.2, -0.15) is 0 Å². The fraction of sp³-hybridized carbons (Fsp3) is 0.467. The van der Waals surface area contributed by atoms with E-state index in [2.05, 4.69) is 53.7 Å². The van der Waals surface area contributed by atoms with Crippen LogP contribution >= 0.6 is 0 Å². The van der Waals surface area contributed by atoms with E-state index in [0.29, 0.717) is 0 Å². The first kappa shape index (κ1) is 13.7. The highest BCUT2D eigenvalue weighted by atomic mass is 15.4. The van der Waals surface area contributed by atoms with Crippen molar-refractivity contribution in [3.63, 3.8) is 0 Å². The Morgan fingerprint density at radius 3 is 2.53 bits per heavy atom. The van der Waals surface area contributed by atoms with Gasteiger partial charge in [-0.1, -0.05) is 43.3 Å². The SMILES string of the molecule is CCCn1nncc1C(NC)c1ccc(CC)cc1. The zero-order valence-corrected chi connectivity index (χ0v) is 11.9. The lowest BCUT2D eigenvalue weighted by Gasteiger charge is -2.17. The number of rotatable bonds is 6. The van der Waals surface area contributed by atoms with Crippen molar-refractivity contribution in [3.05, 3.63) is 47.3 Å². The van der Waals surface area contributed by atoms with E-state index in [0.717, 1.165) is 25.1 Å². The largest absolute Gasteiger partial charge is 0.308 e.